The summed E-state index contributed by atoms with van der Waals surface area (Å²) in [6.07, 6.45) is 5.33. The fraction of sp³-hybridized carbons (Fsp3) is 0.471. The molecule has 0 unspecified atom stereocenters. The van der Waals surface area contributed by atoms with Crippen molar-refractivity contribution in [1.82, 2.24) is 10.3 Å². The van der Waals surface area contributed by atoms with Gasteiger partial charge >= 0.3 is 0 Å². The summed E-state index contributed by atoms with van der Waals surface area (Å²) in [5, 5.41) is 4.18. The van der Waals surface area contributed by atoms with E-state index in [1.165, 1.54) is 6.42 Å². The van der Waals surface area contributed by atoms with Gasteiger partial charge in [0.25, 0.3) is 0 Å². The van der Waals surface area contributed by atoms with Crippen LogP contribution in [0.4, 0.5) is 0 Å². The molecule has 3 nitrogen and oxygen atoms in total. The quantitative estimate of drug-likeness (QED) is 0.773. The largest absolute Gasteiger partial charge is 0.361 e. The fourth-order valence-corrected chi connectivity index (χ4v) is 2.51. The molecule has 20 heavy (non-hydrogen) atoms. The van der Waals surface area contributed by atoms with Gasteiger partial charge in [0.05, 0.1) is 5.41 Å². The number of carbonyl (C=O) groups excluding carboxylic acids is 1. The van der Waals surface area contributed by atoms with E-state index >= 15 is 0 Å². The molecular formula is C17H24N2O. The topological polar surface area (TPSA) is 44.9 Å². The zero-order chi connectivity index (χ0) is 14.6. The first-order valence-corrected chi connectivity index (χ1v) is 7.42. The van der Waals surface area contributed by atoms with Crippen molar-refractivity contribution < 1.29 is 4.79 Å². The number of unbranched alkanes of at least 4 members (excludes halogenated alkanes) is 2. The molecule has 0 aliphatic heterocycles. The van der Waals surface area contributed by atoms with Crippen LogP contribution in [0.3, 0.4) is 0 Å². The van der Waals surface area contributed by atoms with Crippen molar-refractivity contribution in [3.05, 3.63) is 36.0 Å². The predicted octanol–water partition coefficient (Wildman–Crippen LogP) is 3.75. The monoisotopic (exact) mass is 272 g/mol. The van der Waals surface area contributed by atoms with Crippen LogP contribution in [0.1, 0.15) is 45.6 Å². The van der Waals surface area contributed by atoms with Crippen LogP contribution >= 0.6 is 0 Å². The lowest BCUT2D eigenvalue weighted by Gasteiger charge is -2.23. The van der Waals surface area contributed by atoms with Crippen LogP contribution < -0.4 is 5.32 Å². The van der Waals surface area contributed by atoms with E-state index in [4.69, 9.17) is 0 Å². The summed E-state index contributed by atoms with van der Waals surface area (Å²) >= 11 is 0. The summed E-state index contributed by atoms with van der Waals surface area (Å²) in [6.45, 7) is 6.89. The second-order valence-corrected chi connectivity index (χ2v) is 5.84. The molecule has 0 bridgehead atoms. The van der Waals surface area contributed by atoms with Crippen molar-refractivity contribution in [3.63, 3.8) is 0 Å². The highest BCUT2D eigenvalue weighted by Gasteiger charge is 2.31. The molecular weight excluding hydrogens is 248 g/mol. The highest BCUT2D eigenvalue weighted by Crippen LogP contribution is 2.30. The number of benzene rings is 1. The van der Waals surface area contributed by atoms with E-state index in [0.29, 0.717) is 0 Å². The first kappa shape index (κ1) is 14.6. The number of H-pyrrole nitrogens is 1. The standard InChI is InChI=1S/C17H24N2O/c1-4-5-8-11-18-16(20)17(2,3)14-12-19-15-10-7-6-9-13(14)15/h6-7,9-10,12,19H,4-5,8,11H2,1-3H3,(H,18,20). The first-order chi connectivity index (χ1) is 9.57. The van der Waals surface area contributed by atoms with Gasteiger partial charge in [0.2, 0.25) is 5.91 Å². The first-order valence-electron chi connectivity index (χ1n) is 7.42. The molecule has 0 aliphatic carbocycles. The molecule has 3 heteroatoms. The number of para-hydroxylation sites is 1. The SMILES string of the molecule is CCCCCNC(=O)C(C)(C)c1c[nH]c2ccccc12. The second-order valence-electron chi connectivity index (χ2n) is 5.84. The molecule has 0 atom stereocenters. The lowest BCUT2D eigenvalue weighted by molar-refractivity contribution is -0.125. The van der Waals surface area contributed by atoms with Crippen LogP contribution in [0.5, 0.6) is 0 Å². The van der Waals surface area contributed by atoms with E-state index in [-0.39, 0.29) is 5.91 Å². The van der Waals surface area contributed by atoms with Gasteiger partial charge in [0.1, 0.15) is 0 Å². The number of fused-ring (bicyclic) bond motifs is 1. The van der Waals surface area contributed by atoms with Gasteiger partial charge in [-0.2, -0.15) is 0 Å². The van der Waals surface area contributed by atoms with Crippen molar-refractivity contribution in [2.24, 2.45) is 0 Å². The number of hydrogen-bond acceptors (Lipinski definition) is 1. The Labute approximate surface area is 120 Å². The number of aromatic nitrogens is 1. The van der Waals surface area contributed by atoms with Crippen LogP contribution in [-0.4, -0.2) is 17.4 Å². The van der Waals surface area contributed by atoms with Gasteiger partial charge in [-0.3, -0.25) is 4.79 Å². The van der Waals surface area contributed by atoms with Gasteiger partial charge in [0.15, 0.2) is 0 Å². The summed E-state index contributed by atoms with van der Waals surface area (Å²) < 4.78 is 0. The summed E-state index contributed by atoms with van der Waals surface area (Å²) in [5.74, 6) is 0.0957. The Balaban J connectivity index is 2.15. The minimum atomic E-state index is -0.522. The second kappa shape index (κ2) is 6.12. The van der Waals surface area contributed by atoms with Crippen molar-refractivity contribution in [1.29, 1.82) is 0 Å². The van der Waals surface area contributed by atoms with Crippen LogP contribution in [0.25, 0.3) is 10.9 Å². The zero-order valence-electron chi connectivity index (χ0n) is 12.6. The Morgan fingerprint density at radius 1 is 1.25 bits per heavy atom. The number of hydrogen-bond donors (Lipinski definition) is 2. The van der Waals surface area contributed by atoms with E-state index in [1.54, 1.807) is 0 Å². The summed E-state index contributed by atoms with van der Waals surface area (Å²) in [7, 11) is 0. The molecule has 1 aromatic heterocycles. The molecule has 2 rings (SSSR count). The number of nitrogens with one attached hydrogen (secondary N) is 2. The smallest absolute Gasteiger partial charge is 0.230 e. The summed E-state index contributed by atoms with van der Waals surface area (Å²) in [4.78, 5) is 15.7. The Morgan fingerprint density at radius 3 is 2.75 bits per heavy atom. The lowest BCUT2D eigenvalue weighted by Crippen LogP contribution is -2.40. The van der Waals surface area contributed by atoms with Crippen LogP contribution in [0, 0.1) is 0 Å². The molecule has 0 aliphatic rings. The van der Waals surface area contributed by atoms with Crippen molar-refractivity contribution in [2.75, 3.05) is 6.54 Å². The highest BCUT2D eigenvalue weighted by molar-refractivity contribution is 5.94. The van der Waals surface area contributed by atoms with E-state index in [9.17, 15) is 4.79 Å². The van der Waals surface area contributed by atoms with Crippen LogP contribution in [0.2, 0.25) is 0 Å². The third kappa shape index (κ3) is 2.87. The molecule has 0 spiro atoms. The normalized spacial score (nSPS) is 11.8. The van der Waals surface area contributed by atoms with E-state index in [0.717, 1.165) is 35.9 Å². The molecule has 2 aromatic rings. The van der Waals surface area contributed by atoms with Crippen molar-refractivity contribution in [3.8, 4) is 0 Å². The molecule has 0 saturated carbocycles. The minimum absolute atomic E-state index is 0.0957. The minimum Gasteiger partial charge on any atom is -0.361 e. The maximum atomic E-state index is 12.4. The maximum Gasteiger partial charge on any atom is 0.230 e. The summed E-state index contributed by atoms with van der Waals surface area (Å²) in [6, 6.07) is 8.11. The number of rotatable bonds is 6. The van der Waals surface area contributed by atoms with E-state index < -0.39 is 5.41 Å². The third-order valence-electron chi connectivity index (χ3n) is 3.90. The maximum absolute atomic E-state index is 12.4. The van der Waals surface area contributed by atoms with Crippen LogP contribution in [-0.2, 0) is 10.2 Å². The van der Waals surface area contributed by atoms with Gasteiger partial charge in [-0.25, -0.2) is 0 Å². The van der Waals surface area contributed by atoms with Gasteiger partial charge in [-0.15, -0.1) is 0 Å². The molecule has 0 saturated heterocycles. The Bertz CT molecular complexity index is 583. The molecule has 0 fully saturated rings. The Hall–Kier alpha value is -1.77. The molecule has 108 valence electrons. The average Bonchev–Trinajstić information content (AvgIpc) is 2.88. The van der Waals surface area contributed by atoms with E-state index in [1.807, 2.05) is 38.2 Å². The highest BCUT2D eigenvalue weighted by atomic mass is 16.2. The van der Waals surface area contributed by atoms with Gasteiger partial charge in [0, 0.05) is 23.6 Å². The molecule has 1 amide bonds. The van der Waals surface area contributed by atoms with Crippen molar-refractivity contribution in [2.45, 2.75) is 45.4 Å². The predicted molar refractivity (Wildman–Crippen MR) is 83.9 cm³/mol. The number of aromatic amines is 1. The van der Waals surface area contributed by atoms with E-state index in [2.05, 4.69) is 23.3 Å². The van der Waals surface area contributed by atoms with Crippen LogP contribution in [0.15, 0.2) is 30.5 Å². The summed E-state index contributed by atoms with van der Waals surface area (Å²) in [5.41, 5.74) is 1.61. The number of amides is 1. The molecule has 1 heterocycles. The van der Waals surface area contributed by atoms with Gasteiger partial charge < -0.3 is 10.3 Å². The Morgan fingerprint density at radius 2 is 2.00 bits per heavy atom. The lowest BCUT2D eigenvalue weighted by atomic mass is 9.83. The fourth-order valence-electron chi connectivity index (χ4n) is 2.51. The average molecular weight is 272 g/mol. The molecule has 1 aromatic carbocycles. The van der Waals surface area contributed by atoms with Crippen molar-refractivity contribution >= 4 is 16.8 Å². The van der Waals surface area contributed by atoms with Gasteiger partial charge in [-0.1, -0.05) is 38.0 Å². The molecule has 2 N–H and O–H groups in total. The Kier molecular flexibility index (Phi) is 4.48. The van der Waals surface area contributed by atoms with Gasteiger partial charge in [-0.05, 0) is 31.9 Å². The third-order valence-corrected chi connectivity index (χ3v) is 3.90. The molecule has 0 radical (unpaired) electrons. The number of carbonyl (C=O) groups is 1. The zero-order valence-corrected chi connectivity index (χ0v) is 12.6.